The Bertz CT molecular complexity index is 642. The highest BCUT2D eigenvalue weighted by molar-refractivity contribution is 7.17. The molecule has 6 nitrogen and oxygen atoms in total. The Morgan fingerprint density at radius 2 is 2.25 bits per heavy atom. The van der Waals surface area contributed by atoms with Crippen LogP contribution in [0.1, 0.15) is 16.6 Å². The molecule has 1 amide bonds. The lowest BCUT2D eigenvalue weighted by Crippen LogP contribution is -2.09. The molecule has 0 bridgehead atoms. The zero-order valence-corrected chi connectivity index (χ0v) is 11.6. The van der Waals surface area contributed by atoms with Crippen LogP contribution in [0, 0.1) is 0 Å². The first-order valence-corrected chi connectivity index (χ1v) is 6.98. The second-order valence-electron chi connectivity index (χ2n) is 4.08. The normalized spacial score (nSPS) is 12.2. The topological polar surface area (TPSA) is 72.5 Å². The summed E-state index contributed by atoms with van der Waals surface area (Å²) in [6.07, 6.45) is 1.56. The van der Waals surface area contributed by atoms with Crippen LogP contribution in [0.2, 0.25) is 0 Å². The summed E-state index contributed by atoms with van der Waals surface area (Å²) in [5, 5.41) is 6.62. The molecular formula is C13H13N3O3S. The van der Waals surface area contributed by atoms with Crippen molar-refractivity contribution in [2.24, 2.45) is 0 Å². The molecule has 0 atom stereocenters. The Morgan fingerprint density at radius 3 is 3.10 bits per heavy atom. The van der Waals surface area contributed by atoms with E-state index in [1.165, 1.54) is 11.3 Å². The lowest BCUT2D eigenvalue weighted by Gasteiger charge is -2.04. The Hall–Kier alpha value is -2.28. The van der Waals surface area contributed by atoms with E-state index in [2.05, 4.69) is 15.6 Å². The monoisotopic (exact) mass is 291 g/mol. The van der Waals surface area contributed by atoms with Crippen LogP contribution in [0.5, 0.6) is 11.5 Å². The molecule has 1 aromatic heterocycles. The fourth-order valence-electron chi connectivity index (χ4n) is 1.78. The molecule has 1 aliphatic heterocycles. The van der Waals surface area contributed by atoms with Crippen LogP contribution in [-0.4, -0.2) is 24.2 Å². The number of anilines is 2. The molecule has 0 aliphatic carbocycles. The predicted octanol–water partition coefficient (Wildman–Crippen LogP) is 2.56. The lowest BCUT2D eigenvalue weighted by atomic mass is 10.2. The summed E-state index contributed by atoms with van der Waals surface area (Å²) in [5.74, 6) is 1.14. The lowest BCUT2D eigenvalue weighted by molar-refractivity contribution is 0.103. The third-order valence-corrected chi connectivity index (χ3v) is 3.64. The second-order valence-corrected chi connectivity index (χ2v) is 5.11. The van der Waals surface area contributed by atoms with Crippen molar-refractivity contribution in [1.82, 2.24) is 4.98 Å². The molecule has 2 N–H and O–H groups in total. The number of benzene rings is 1. The fourth-order valence-corrected chi connectivity index (χ4v) is 2.56. The minimum absolute atomic E-state index is 0.189. The van der Waals surface area contributed by atoms with Gasteiger partial charge in [0.05, 0.1) is 6.20 Å². The molecule has 0 unspecified atom stereocenters. The van der Waals surface area contributed by atoms with Gasteiger partial charge >= 0.3 is 0 Å². The molecule has 3 rings (SSSR count). The highest BCUT2D eigenvalue weighted by Gasteiger charge is 2.15. The first-order valence-electron chi connectivity index (χ1n) is 6.17. The van der Waals surface area contributed by atoms with Gasteiger partial charge in [-0.2, -0.15) is 0 Å². The maximum atomic E-state index is 12.1. The highest BCUT2D eigenvalue weighted by Crippen LogP contribution is 2.34. The maximum Gasteiger partial charge on any atom is 0.267 e. The average Bonchev–Trinajstić information content (AvgIpc) is 3.07. The number of amides is 1. The third-order valence-electron chi connectivity index (χ3n) is 2.69. The van der Waals surface area contributed by atoms with Crippen molar-refractivity contribution in [1.29, 1.82) is 0 Å². The van der Waals surface area contributed by atoms with Crippen molar-refractivity contribution in [3.8, 4) is 11.5 Å². The summed E-state index contributed by atoms with van der Waals surface area (Å²) < 4.78 is 10.5. The van der Waals surface area contributed by atoms with Gasteiger partial charge in [-0.1, -0.05) is 11.3 Å². The van der Waals surface area contributed by atoms with Crippen LogP contribution in [0.15, 0.2) is 24.4 Å². The minimum atomic E-state index is -0.189. The fraction of sp³-hybridized carbons (Fsp3) is 0.231. The number of aromatic nitrogens is 1. The summed E-state index contributed by atoms with van der Waals surface area (Å²) in [7, 11) is 0. The number of hydrogen-bond acceptors (Lipinski definition) is 6. The van der Waals surface area contributed by atoms with E-state index < -0.39 is 0 Å². The van der Waals surface area contributed by atoms with Crippen LogP contribution >= 0.6 is 11.3 Å². The van der Waals surface area contributed by atoms with Gasteiger partial charge in [0.2, 0.25) is 6.79 Å². The van der Waals surface area contributed by atoms with E-state index in [-0.39, 0.29) is 12.7 Å². The summed E-state index contributed by atoms with van der Waals surface area (Å²) in [6, 6.07) is 5.29. The zero-order chi connectivity index (χ0) is 13.9. The SMILES string of the molecule is CCNc1ncc(C(=O)Nc2ccc3c(c2)OCO3)s1. The van der Waals surface area contributed by atoms with Gasteiger partial charge in [-0.25, -0.2) is 4.98 Å². The van der Waals surface area contributed by atoms with Crippen LogP contribution in [0.4, 0.5) is 10.8 Å². The first-order chi connectivity index (χ1) is 9.76. The number of carbonyl (C=O) groups is 1. The van der Waals surface area contributed by atoms with Crippen molar-refractivity contribution in [2.45, 2.75) is 6.92 Å². The predicted molar refractivity (Wildman–Crippen MR) is 76.8 cm³/mol. The summed E-state index contributed by atoms with van der Waals surface area (Å²) in [4.78, 5) is 16.8. The number of carbonyl (C=O) groups excluding carboxylic acids is 1. The molecule has 2 heterocycles. The molecule has 0 fully saturated rings. The van der Waals surface area contributed by atoms with Crippen molar-refractivity contribution >= 4 is 28.1 Å². The molecule has 20 heavy (non-hydrogen) atoms. The van der Waals surface area contributed by atoms with Gasteiger partial charge in [0, 0.05) is 18.3 Å². The number of thiazole rings is 1. The number of ether oxygens (including phenoxy) is 2. The number of rotatable bonds is 4. The van der Waals surface area contributed by atoms with Crippen molar-refractivity contribution in [3.63, 3.8) is 0 Å². The van der Waals surface area contributed by atoms with Crippen LogP contribution < -0.4 is 20.1 Å². The van der Waals surface area contributed by atoms with E-state index in [0.717, 1.165) is 11.7 Å². The standard InChI is InChI=1S/C13H13N3O3S/c1-2-14-13-15-6-11(20-13)12(17)16-8-3-4-9-10(5-8)19-7-18-9/h3-6H,2,7H2,1H3,(H,14,15)(H,16,17). The van der Waals surface area contributed by atoms with Gasteiger partial charge in [0.15, 0.2) is 16.6 Å². The van der Waals surface area contributed by atoms with E-state index in [1.54, 1.807) is 24.4 Å². The summed E-state index contributed by atoms with van der Waals surface area (Å²) >= 11 is 1.32. The van der Waals surface area contributed by atoms with Crippen molar-refractivity contribution in [3.05, 3.63) is 29.3 Å². The highest BCUT2D eigenvalue weighted by atomic mass is 32.1. The molecule has 7 heteroatoms. The molecule has 0 saturated heterocycles. The molecule has 0 saturated carbocycles. The minimum Gasteiger partial charge on any atom is -0.454 e. The molecule has 1 aromatic carbocycles. The number of hydrogen-bond donors (Lipinski definition) is 2. The van der Waals surface area contributed by atoms with Gasteiger partial charge in [0.25, 0.3) is 5.91 Å². The second kappa shape index (κ2) is 5.38. The van der Waals surface area contributed by atoms with Crippen molar-refractivity contribution in [2.75, 3.05) is 24.0 Å². The third kappa shape index (κ3) is 2.53. The van der Waals surface area contributed by atoms with E-state index in [4.69, 9.17) is 9.47 Å². The Labute approximate surface area is 119 Å². The quantitative estimate of drug-likeness (QED) is 0.905. The Morgan fingerprint density at radius 1 is 1.40 bits per heavy atom. The average molecular weight is 291 g/mol. The van der Waals surface area contributed by atoms with Crippen LogP contribution in [0.25, 0.3) is 0 Å². The molecule has 1 aliphatic rings. The number of fused-ring (bicyclic) bond motifs is 1. The van der Waals surface area contributed by atoms with Gasteiger partial charge in [-0.3, -0.25) is 4.79 Å². The molecule has 0 radical (unpaired) electrons. The van der Waals surface area contributed by atoms with E-state index in [0.29, 0.717) is 22.1 Å². The smallest absolute Gasteiger partial charge is 0.267 e. The zero-order valence-electron chi connectivity index (χ0n) is 10.8. The molecule has 0 spiro atoms. The summed E-state index contributed by atoms with van der Waals surface area (Å²) in [6.45, 7) is 2.97. The number of nitrogens with one attached hydrogen (secondary N) is 2. The van der Waals surface area contributed by atoms with Gasteiger partial charge in [-0.15, -0.1) is 0 Å². The summed E-state index contributed by atoms with van der Waals surface area (Å²) in [5.41, 5.74) is 0.664. The van der Waals surface area contributed by atoms with E-state index >= 15 is 0 Å². The van der Waals surface area contributed by atoms with Crippen LogP contribution in [0.3, 0.4) is 0 Å². The van der Waals surface area contributed by atoms with Crippen LogP contribution in [-0.2, 0) is 0 Å². The molecule has 2 aromatic rings. The Balaban J connectivity index is 1.71. The largest absolute Gasteiger partial charge is 0.454 e. The first kappa shape index (κ1) is 12.7. The number of nitrogens with zero attached hydrogens (tertiary/aromatic N) is 1. The molecular weight excluding hydrogens is 278 g/mol. The van der Waals surface area contributed by atoms with Crippen molar-refractivity contribution < 1.29 is 14.3 Å². The van der Waals surface area contributed by atoms with Gasteiger partial charge in [-0.05, 0) is 19.1 Å². The van der Waals surface area contributed by atoms with Gasteiger partial charge < -0.3 is 20.1 Å². The maximum absolute atomic E-state index is 12.1. The van der Waals surface area contributed by atoms with E-state index in [1.807, 2.05) is 6.92 Å². The van der Waals surface area contributed by atoms with E-state index in [9.17, 15) is 4.79 Å². The van der Waals surface area contributed by atoms with Gasteiger partial charge in [0.1, 0.15) is 4.88 Å². The molecule has 104 valence electrons. The Kier molecular flexibility index (Phi) is 3.42.